The number of ether oxygens (including phenoxy) is 1. The second-order valence-electron chi connectivity index (χ2n) is 7.74. The number of ketones is 1. The molecule has 1 N–H and O–H groups in total. The molecule has 3 aromatic rings. The monoisotopic (exact) mass is 484 g/mol. The summed E-state index contributed by atoms with van der Waals surface area (Å²) < 4.78 is 11.6. The first-order chi connectivity index (χ1) is 15.1. The number of piperidine rings is 1. The van der Waals surface area contributed by atoms with Gasteiger partial charge in [-0.2, -0.15) is 0 Å². The number of rotatable bonds is 7. The number of Topliss-reactive ketones (excluding diaryl/α,β-unsaturated/α-hetero) is 1. The fourth-order valence-corrected chi connectivity index (χ4v) is 4.24. The average molecular weight is 485 g/mol. The lowest BCUT2D eigenvalue weighted by molar-refractivity contribution is 0.0830. The number of hydrogen-bond acceptors (Lipinski definition) is 5. The Balaban J connectivity index is 1.15. The first-order valence-corrected chi connectivity index (χ1v) is 11.3. The van der Waals surface area contributed by atoms with Crippen molar-refractivity contribution < 1.29 is 18.7 Å². The fraction of sp³-hybridized carbons (Fsp3) is 0.333. The third-order valence-corrected chi connectivity index (χ3v) is 6.20. The molecule has 4 rings (SSSR count). The first-order valence-electron chi connectivity index (χ1n) is 10.5. The predicted octanol–water partition coefficient (Wildman–Crippen LogP) is 5.73. The van der Waals surface area contributed by atoms with Crippen LogP contribution in [-0.2, 0) is 4.74 Å². The number of halogens is 1. The van der Waals surface area contributed by atoms with Crippen LogP contribution in [0.3, 0.4) is 0 Å². The maximum absolute atomic E-state index is 12.7. The Bertz CT molecular complexity index is 1040. The Morgan fingerprint density at radius 3 is 2.65 bits per heavy atom. The van der Waals surface area contributed by atoms with Crippen LogP contribution >= 0.6 is 15.9 Å². The molecule has 0 spiro atoms. The SMILES string of the molecule is O=C(Nc1cccc2occc12)OCCCN1CCC(C(=O)c2ccc(Br)cc2)CC1. The predicted molar refractivity (Wildman–Crippen MR) is 123 cm³/mol. The van der Waals surface area contributed by atoms with Crippen LogP contribution in [0.1, 0.15) is 29.6 Å². The molecule has 0 atom stereocenters. The van der Waals surface area contributed by atoms with Crippen LogP contribution < -0.4 is 5.32 Å². The highest BCUT2D eigenvalue weighted by Gasteiger charge is 2.25. The molecule has 2 heterocycles. The van der Waals surface area contributed by atoms with E-state index in [-0.39, 0.29) is 11.7 Å². The minimum atomic E-state index is -0.465. The van der Waals surface area contributed by atoms with Gasteiger partial charge in [0.05, 0.1) is 18.6 Å². The van der Waals surface area contributed by atoms with Gasteiger partial charge in [-0.25, -0.2) is 4.79 Å². The number of nitrogens with one attached hydrogen (secondary N) is 1. The van der Waals surface area contributed by atoms with Crippen LogP contribution in [0.15, 0.2) is 63.7 Å². The van der Waals surface area contributed by atoms with Crippen molar-refractivity contribution in [2.45, 2.75) is 19.3 Å². The van der Waals surface area contributed by atoms with Crippen molar-refractivity contribution in [3.8, 4) is 0 Å². The van der Waals surface area contributed by atoms with E-state index in [1.165, 1.54) is 0 Å². The molecule has 0 radical (unpaired) electrons. The number of anilines is 1. The van der Waals surface area contributed by atoms with Gasteiger partial charge >= 0.3 is 6.09 Å². The third-order valence-electron chi connectivity index (χ3n) is 5.67. The van der Waals surface area contributed by atoms with Gasteiger partial charge in [-0.05, 0) is 62.7 Å². The Labute approximate surface area is 189 Å². The largest absolute Gasteiger partial charge is 0.464 e. The van der Waals surface area contributed by atoms with Crippen molar-refractivity contribution in [1.82, 2.24) is 4.90 Å². The highest BCUT2D eigenvalue weighted by molar-refractivity contribution is 9.10. The van der Waals surface area contributed by atoms with Crippen LogP contribution in [0.25, 0.3) is 11.0 Å². The van der Waals surface area contributed by atoms with E-state index >= 15 is 0 Å². The quantitative estimate of drug-likeness (QED) is 0.342. The van der Waals surface area contributed by atoms with E-state index in [4.69, 9.17) is 9.15 Å². The molecule has 0 bridgehead atoms. The van der Waals surface area contributed by atoms with E-state index in [2.05, 4.69) is 26.1 Å². The molecule has 6 nitrogen and oxygen atoms in total. The number of fused-ring (bicyclic) bond motifs is 1. The molecule has 0 saturated carbocycles. The molecule has 1 fully saturated rings. The van der Waals surface area contributed by atoms with E-state index < -0.39 is 6.09 Å². The van der Waals surface area contributed by atoms with Gasteiger partial charge in [0, 0.05) is 27.9 Å². The second-order valence-corrected chi connectivity index (χ2v) is 8.66. The van der Waals surface area contributed by atoms with Crippen molar-refractivity contribution in [3.05, 3.63) is 64.8 Å². The minimum Gasteiger partial charge on any atom is -0.464 e. The lowest BCUT2D eigenvalue weighted by Gasteiger charge is -2.31. The number of benzene rings is 2. The number of carbonyl (C=O) groups is 2. The molecule has 7 heteroatoms. The number of carbonyl (C=O) groups excluding carboxylic acids is 2. The molecule has 31 heavy (non-hydrogen) atoms. The molecule has 162 valence electrons. The standard InChI is InChI=1S/C24H25BrN2O4/c25-19-7-5-17(6-8-19)23(28)18-9-13-27(14-10-18)12-2-15-31-24(29)26-21-3-1-4-22-20(21)11-16-30-22/h1,3-8,11,16,18H,2,9-10,12-15H2,(H,26,29). The molecule has 1 aliphatic rings. The molecule has 1 aromatic heterocycles. The fourth-order valence-electron chi connectivity index (χ4n) is 3.97. The average Bonchev–Trinajstić information content (AvgIpc) is 3.27. The normalized spacial score (nSPS) is 15.1. The zero-order valence-electron chi connectivity index (χ0n) is 17.2. The van der Waals surface area contributed by atoms with Gasteiger partial charge in [0.15, 0.2) is 5.78 Å². The summed E-state index contributed by atoms with van der Waals surface area (Å²) in [5.41, 5.74) is 2.18. The van der Waals surface area contributed by atoms with Gasteiger partial charge in [0.1, 0.15) is 5.58 Å². The summed E-state index contributed by atoms with van der Waals surface area (Å²) in [5.74, 6) is 0.324. The first kappa shape index (κ1) is 21.6. The summed E-state index contributed by atoms with van der Waals surface area (Å²) in [5, 5.41) is 3.62. The maximum atomic E-state index is 12.7. The lowest BCUT2D eigenvalue weighted by atomic mass is 9.89. The Kier molecular flexibility index (Phi) is 7.04. The van der Waals surface area contributed by atoms with Crippen molar-refractivity contribution in [3.63, 3.8) is 0 Å². The summed E-state index contributed by atoms with van der Waals surface area (Å²) in [7, 11) is 0. The van der Waals surface area contributed by atoms with Gasteiger partial charge in [-0.1, -0.05) is 34.1 Å². The van der Waals surface area contributed by atoms with Gasteiger partial charge in [0.25, 0.3) is 0 Å². The van der Waals surface area contributed by atoms with Gasteiger partial charge < -0.3 is 14.1 Å². The number of hydrogen-bond donors (Lipinski definition) is 1. The Morgan fingerprint density at radius 1 is 1.10 bits per heavy atom. The molecule has 0 aliphatic carbocycles. The number of likely N-dealkylation sites (tertiary alicyclic amines) is 1. The summed E-state index contributed by atoms with van der Waals surface area (Å²) in [6, 6.07) is 14.9. The zero-order chi connectivity index (χ0) is 21.6. The van der Waals surface area contributed by atoms with Crippen LogP contribution in [-0.4, -0.2) is 43.0 Å². The smallest absolute Gasteiger partial charge is 0.411 e. The summed E-state index contributed by atoms with van der Waals surface area (Å²) >= 11 is 3.40. The highest BCUT2D eigenvalue weighted by Crippen LogP contribution is 2.25. The molecular weight excluding hydrogens is 460 g/mol. The van der Waals surface area contributed by atoms with Crippen LogP contribution in [0.5, 0.6) is 0 Å². The van der Waals surface area contributed by atoms with Crippen molar-refractivity contribution >= 4 is 44.5 Å². The highest BCUT2D eigenvalue weighted by atomic mass is 79.9. The van der Waals surface area contributed by atoms with Gasteiger partial charge in [-0.3, -0.25) is 10.1 Å². The van der Waals surface area contributed by atoms with Gasteiger partial charge in [-0.15, -0.1) is 0 Å². The maximum Gasteiger partial charge on any atom is 0.411 e. The van der Waals surface area contributed by atoms with E-state index in [1.807, 2.05) is 48.5 Å². The Hall–Kier alpha value is -2.64. The molecular formula is C24H25BrN2O4. The summed E-state index contributed by atoms with van der Waals surface area (Å²) in [6.45, 7) is 2.98. The third kappa shape index (κ3) is 5.54. The van der Waals surface area contributed by atoms with Gasteiger partial charge in [0.2, 0.25) is 0 Å². The van der Waals surface area contributed by atoms with Crippen molar-refractivity contribution in [2.24, 2.45) is 5.92 Å². The van der Waals surface area contributed by atoms with Crippen LogP contribution in [0, 0.1) is 5.92 Å². The van der Waals surface area contributed by atoms with E-state index in [9.17, 15) is 9.59 Å². The van der Waals surface area contributed by atoms with Crippen molar-refractivity contribution in [2.75, 3.05) is 31.6 Å². The summed E-state index contributed by atoms with van der Waals surface area (Å²) in [4.78, 5) is 27.1. The minimum absolute atomic E-state index is 0.0880. The Morgan fingerprint density at radius 2 is 1.87 bits per heavy atom. The molecule has 1 aliphatic heterocycles. The van der Waals surface area contributed by atoms with E-state index in [0.29, 0.717) is 12.3 Å². The molecule has 0 unspecified atom stereocenters. The van der Waals surface area contributed by atoms with Crippen molar-refractivity contribution in [1.29, 1.82) is 0 Å². The number of nitrogens with zero attached hydrogens (tertiary/aromatic N) is 1. The van der Waals surface area contributed by atoms with E-state index in [1.54, 1.807) is 6.26 Å². The number of furan rings is 1. The topological polar surface area (TPSA) is 71.8 Å². The zero-order valence-corrected chi connectivity index (χ0v) is 18.8. The van der Waals surface area contributed by atoms with Crippen LogP contribution in [0.4, 0.5) is 10.5 Å². The van der Waals surface area contributed by atoms with Crippen LogP contribution in [0.2, 0.25) is 0 Å². The molecule has 2 aromatic carbocycles. The number of amides is 1. The summed E-state index contributed by atoms with van der Waals surface area (Å²) in [6.07, 6.45) is 3.62. The molecule has 1 amide bonds. The lowest BCUT2D eigenvalue weighted by Crippen LogP contribution is -2.37. The molecule has 1 saturated heterocycles. The second kappa shape index (κ2) is 10.1. The van der Waals surface area contributed by atoms with E-state index in [0.717, 1.165) is 59.9 Å².